The molecule has 0 spiro atoms. The monoisotopic (exact) mass is 284 g/mol. The Balaban J connectivity index is 1.90. The van der Waals surface area contributed by atoms with Crippen molar-refractivity contribution in [3.63, 3.8) is 0 Å². The summed E-state index contributed by atoms with van der Waals surface area (Å²) in [5.41, 5.74) is 2.96. The molecule has 1 heterocycles. The first-order valence-electron chi connectivity index (χ1n) is 5.34. The summed E-state index contributed by atoms with van der Waals surface area (Å²) in [6.07, 6.45) is 6.19. The topological polar surface area (TPSA) is 51.2 Å². The predicted octanol–water partition coefficient (Wildman–Crippen LogP) is 2.45. The van der Waals surface area contributed by atoms with Crippen LogP contribution >= 0.6 is 15.9 Å². The van der Waals surface area contributed by atoms with Crippen molar-refractivity contribution in [1.82, 2.24) is 10.5 Å². The fourth-order valence-corrected chi connectivity index (χ4v) is 2.18. The molecule has 1 aliphatic rings. The van der Waals surface area contributed by atoms with Crippen molar-refractivity contribution in [3.8, 4) is 0 Å². The van der Waals surface area contributed by atoms with Crippen molar-refractivity contribution in [3.05, 3.63) is 28.5 Å². The summed E-state index contributed by atoms with van der Waals surface area (Å²) in [4.78, 5) is 21.0. The maximum absolute atomic E-state index is 11.7. The van der Waals surface area contributed by atoms with Crippen molar-refractivity contribution in [2.24, 2.45) is 0 Å². The maximum atomic E-state index is 11.7. The molecule has 0 saturated heterocycles. The molecule has 86 valence electrons. The molecule has 0 unspecified atom stereocenters. The molecular weight excluding hydrogens is 272 g/mol. The first kappa shape index (κ1) is 11.5. The van der Waals surface area contributed by atoms with E-state index < -0.39 is 0 Å². The Hall–Kier alpha value is -0.940. The van der Waals surface area contributed by atoms with Crippen LogP contribution in [0.15, 0.2) is 22.9 Å². The highest BCUT2D eigenvalue weighted by atomic mass is 79.9. The lowest BCUT2D eigenvalue weighted by Gasteiger charge is -2.11. The van der Waals surface area contributed by atoms with Gasteiger partial charge in [-0.15, -0.1) is 0 Å². The molecule has 16 heavy (non-hydrogen) atoms. The standard InChI is InChI=1S/C11H13BrN2O2/c12-10-9(6-3-7-13-10)11(15)14-16-8-4-1-2-5-8/h3,6-8H,1-2,4-5H2,(H,14,15). The van der Waals surface area contributed by atoms with E-state index in [9.17, 15) is 4.79 Å². The summed E-state index contributed by atoms with van der Waals surface area (Å²) in [6.45, 7) is 0. The van der Waals surface area contributed by atoms with Crippen molar-refractivity contribution in [2.45, 2.75) is 31.8 Å². The van der Waals surface area contributed by atoms with Gasteiger partial charge in [-0.25, -0.2) is 10.5 Å². The van der Waals surface area contributed by atoms with Crippen LogP contribution < -0.4 is 5.48 Å². The van der Waals surface area contributed by atoms with Crippen LogP contribution in [0.25, 0.3) is 0 Å². The summed E-state index contributed by atoms with van der Waals surface area (Å²) >= 11 is 3.22. The Labute approximate surface area is 102 Å². The van der Waals surface area contributed by atoms with Gasteiger partial charge in [0.2, 0.25) is 0 Å². The van der Waals surface area contributed by atoms with E-state index in [2.05, 4.69) is 26.4 Å². The Morgan fingerprint density at radius 2 is 2.25 bits per heavy atom. The number of amides is 1. The molecule has 1 aromatic rings. The summed E-state index contributed by atoms with van der Waals surface area (Å²) in [5, 5.41) is 0. The van der Waals surface area contributed by atoms with Gasteiger partial charge in [-0.1, -0.05) is 12.8 Å². The number of nitrogens with zero attached hydrogens (tertiary/aromatic N) is 1. The molecule has 1 N–H and O–H groups in total. The molecule has 0 bridgehead atoms. The maximum Gasteiger partial charge on any atom is 0.277 e. The van der Waals surface area contributed by atoms with Crippen molar-refractivity contribution in [1.29, 1.82) is 0 Å². The van der Waals surface area contributed by atoms with Crippen LogP contribution in [0.1, 0.15) is 36.0 Å². The minimum absolute atomic E-state index is 0.166. The van der Waals surface area contributed by atoms with Crippen LogP contribution in [0.4, 0.5) is 0 Å². The second kappa shape index (κ2) is 5.41. The molecule has 1 amide bonds. The third-order valence-corrected chi connectivity index (χ3v) is 3.26. The molecule has 1 saturated carbocycles. The van der Waals surface area contributed by atoms with Gasteiger partial charge in [0.05, 0.1) is 11.7 Å². The lowest BCUT2D eigenvalue weighted by molar-refractivity contribution is -0.0125. The Kier molecular flexibility index (Phi) is 3.90. The third kappa shape index (κ3) is 2.80. The van der Waals surface area contributed by atoms with E-state index in [0.717, 1.165) is 12.8 Å². The van der Waals surface area contributed by atoms with Crippen LogP contribution in [0.2, 0.25) is 0 Å². The summed E-state index contributed by atoms with van der Waals surface area (Å²) < 4.78 is 0.530. The zero-order chi connectivity index (χ0) is 11.4. The van der Waals surface area contributed by atoms with Crippen molar-refractivity contribution >= 4 is 21.8 Å². The van der Waals surface area contributed by atoms with Gasteiger partial charge in [0.15, 0.2) is 0 Å². The van der Waals surface area contributed by atoms with E-state index >= 15 is 0 Å². The fraction of sp³-hybridized carbons (Fsp3) is 0.455. The van der Waals surface area contributed by atoms with Crippen molar-refractivity contribution < 1.29 is 9.63 Å². The molecule has 0 radical (unpaired) electrons. The number of aromatic nitrogens is 1. The first-order valence-corrected chi connectivity index (χ1v) is 6.13. The van der Waals surface area contributed by atoms with E-state index in [1.165, 1.54) is 12.8 Å². The van der Waals surface area contributed by atoms with Gasteiger partial charge in [0, 0.05) is 6.20 Å². The number of carbonyl (C=O) groups excluding carboxylic acids is 1. The van der Waals surface area contributed by atoms with Crippen LogP contribution in [-0.2, 0) is 4.84 Å². The third-order valence-electron chi connectivity index (χ3n) is 2.62. The highest BCUT2D eigenvalue weighted by Gasteiger charge is 2.18. The molecular formula is C11H13BrN2O2. The average Bonchev–Trinajstić information content (AvgIpc) is 2.79. The minimum Gasteiger partial charge on any atom is -0.270 e. The number of nitrogens with one attached hydrogen (secondary N) is 1. The van der Waals surface area contributed by atoms with E-state index in [1.54, 1.807) is 18.3 Å². The van der Waals surface area contributed by atoms with E-state index in [4.69, 9.17) is 4.84 Å². The van der Waals surface area contributed by atoms with Gasteiger partial charge in [-0.2, -0.15) is 0 Å². The van der Waals surface area contributed by atoms with E-state index in [1.807, 2.05) is 0 Å². The van der Waals surface area contributed by atoms with Gasteiger partial charge in [-0.05, 0) is 40.9 Å². The molecule has 0 aliphatic heterocycles. The molecule has 4 nitrogen and oxygen atoms in total. The zero-order valence-electron chi connectivity index (χ0n) is 8.78. The highest BCUT2D eigenvalue weighted by Crippen LogP contribution is 2.20. The second-order valence-electron chi connectivity index (χ2n) is 3.80. The number of halogens is 1. The summed E-state index contributed by atoms with van der Waals surface area (Å²) in [5.74, 6) is -0.258. The van der Waals surface area contributed by atoms with Crippen LogP contribution in [-0.4, -0.2) is 17.0 Å². The Morgan fingerprint density at radius 1 is 1.50 bits per heavy atom. The normalized spacial score (nSPS) is 16.3. The number of hydrogen-bond acceptors (Lipinski definition) is 3. The molecule has 0 aromatic carbocycles. The van der Waals surface area contributed by atoms with Gasteiger partial charge < -0.3 is 0 Å². The smallest absolute Gasteiger partial charge is 0.270 e. The SMILES string of the molecule is O=C(NOC1CCCC1)c1cccnc1Br. The Morgan fingerprint density at radius 3 is 2.94 bits per heavy atom. The number of hydroxylamine groups is 1. The molecule has 5 heteroatoms. The lowest BCUT2D eigenvalue weighted by atomic mass is 10.3. The molecule has 1 fully saturated rings. The van der Waals surface area contributed by atoms with Crippen molar-refractivity contribution in [2.75, 3.05) is 0 Å². The number of pyridine rings is 1. The highest BCUT2D eigenvalue weighted by molar-refractivity contribution is 9.10. The van der Waals surface area contributed by atoms with Gasteiger partial charge in [0.25, 0.3) is 5.91 Å². The quantitative estimate of drug-likeness (QED) is 0.685. The van der Waals surface area contributed by atoms with Gasteiger partial charge >= 0.3 is 0 Å². The number of hydrogen-bond donors (Lipinski definition) is 1. The van der Waals surface area contributed by atoms with E-state index in [0.29, 0.717) is 10.2 Å². The Bertz CT molecular complexity index is 378. The molecule has 1 aromatic heterocycles. The molecule has 1 aliphatic carbocycles. The van der Waals surface area contributed by atoms with Gasteiger partial charge in [0.1, 0.15) is 4.60 Å². The van der Waals surface area contributed by atoms with E-state index in [-0.39, 0.29) is 12.0 Å². The minimum atomic E-state index is -0.258. The summed E-state index contributed by atoms with van der Waals surface area (Å²) in [6, 6.07) is 3.42. The second-order valence-corrected chi connectivity index (χ2v) is 4.55. The van der Waals surface area contributed by atoms with Gasteiger partial charge in [-0.3, -0.25) is 9.63 Å². The molecule has 0 atom stereocenters. The summed E-state index contributed by atoms with van der Waals surface area (Å²) in [7, 11) is 0. The van der Waals surface area contributed by atoms with Crippen LogP contribution in [0.3, 0.4) is 0 Å². The fourth-order valence-electron chi connectivity index (χ4n) is 1.75. The number of rotatable bonds is 3. The average molecular weight is 285 g/mol. The molecule has 2 rings (SSSR count). The van der Waals surface area contributed by atoms with Crippen LogP contribution in [0, 0.1) is 0 Å². The number of carbonyl (C=O) groups is 1. The lowest BCUT2D eigenvalue weighted by Crippen LogP contribution is -2.28. The largest absolute Gasteiger partial charge is 0.277 e. The zero-order valence-corrected chi connectivity index (χ0v) is 10.4. The first-order chi connectivity index (χ1) is 7.77. The van der Waals surface area contributed by atoms with Crippen LogP contribution in [0.5, 0.6) is 0 Å². The predicted molar refractivity (Wildman–Crippen MR) is 62.7 cm³/mol.